The summed E-state index contributed by atoms with van der Waals surface area (Å²) in [6.45, 7) is 0.759. The van der Waals surface area contributed by atoms with Crippen LogP contribution in [0.1, 0.15) is 44.1 Å². The molecule has 2 heterocycles. The van der Waals surface area contributed by atoms with Gasteiger partial charge in [0.1, 0.15) is 0 Å². The molecule has 5 heteroatoms. The third-order valence-corrected chi connectivity index (χ3v) is 7.00. The van der Waals surface area contributed by atoms with Gasteiger partial charge in [-0.3, -0.25) is 0 Å². The number of urea groups is 1. The minimum absolute atomic E-state index is 0.00838. The maximum atomic E-state index is 12.6. The molecule has 2 atom stereocenters. The summed E-state index contributed by atoms with van der Waals surface area (Å²) in [6.07, 6.45) is 6.21. The van der Waals surface area contributed by atoms with Crippen molar-refractivity contribution in [3.63, 3.8) is 0 Å². The molecule has 0 unspecified atom stereocenters. The summed E-state index contributed by atoms with van der Waals surface area (Å²) >= 11 is 1.97. The molecule has 0 bridgehead atoms. The zero-order chi connectivity index (χ0) is 16.5. The Hall–Kier alpha value is -1.20. The highest BCUT2D eigenvalue weighted by molar-refractivity contribution is 7.99. The van der Waals surface area contributed by atoms with Gasteiger partial charge in [-0.15, -0.1) is 0 Å². The lowest BCUT2D eigenvalue weighted by Gasteiger charge is -2.44. The van der Waals surface area contributed by atoms with E-state index < -0.39 is 0 Å². The molecule has 1 aromatic rings. The molecule has 3 aliphatic rings. The van der Waals surface area contributed by atoms with Crippen LogP contribution in [0.15, 0.2) is 30.3 Å². The van der Waals surface area contributed by atoms with Gasteiger partial charge in [-0.05, 0) is 49.8 Å². The molecule has 2 aliphatic heterocycles. The van der Waals surface area contributed by atoms with Gasteiger partial charge in [0.05, 0.1) is 11.1 Å². The average Bonchev–Trinajstić information content (AvgIpc) is 2.99. The van der Waals surface area contributed by atoms with E-state index in [4.69, 9.17) is 4.74 Å². The van der Waals surface area contributed by atoms with E-state index in [0.717, 1.165) is 44.5 Å². The predicted molar refractivity (Wildman–Crippen MR) is 97.3 cm³/mol. The zero-order valence-electron chi connectivity index (χ0n) is 14.1. The van der Waals surface area contributed by atoms with Gasteiger partial charge in [-0.1, -0.05) is 30.3 Å². The smallest absolute Gasteiger partial charge is 0.315 e. The number of hydrogen-bond acceptors (Lipinski definition) is 3. The van der Waals surface area contributed by atoms with Crippen molar-refractivity contribution in [1.82, 2.24) is 10.6 Å². The third kappa shape index (κ3) is 3.16. The first-order chi connectivity index (χ1) is 11.7. The molecule has 1 spiro atoms. The lowest BCUT2D eigenvalue weighted by atomic mass is 9.72. The first-order valence-corrected chi connectivity index (χ1v) is 10.2. The van der Waals surface area contributed by atoms with Crippen LogP contribution >= 0.6 is 11.8 Å². The number of rotatable bonds is 3. The molecule has 4 rings (SSSR count). The lowest BCUT2D eigenvalue weighted by Crippen LogP contribution is -2.57. The summed E-state index contributed by atoms with van der Waals surface area (Å²) in [7, 11) is 0. The third-order valence-electron chi connectivity index (χ3n) is 5.78. The highest BCUT2D eigenvalue weighted by atomic mass is 32.2. The Morgan fingerprint density at radius 2 is 2.04 bits per heavy atom. The van der Waals surface area contributed by atoms with Crippen LogP contribution in [-0.4, -0.2) is 35.8 Å². The van der Waals surface area contributed by atoms with Crippen LogP contribution in [-0.2, 0) is 10.3 Å². The number of hydrogen-bond donors (Lipinski definition) is 2. The number of thioether (sulfide) groups is 1. The van der Waals surface area contributed by atoms with Gasteiger partial charge in [0.2, 0.25) is 0 Å². The quantitative estimate of drug-likeness (QED) is 0.882. The van der Waals surface area contributed by atoms with Gasteiger partial charge in [0.15, 0.2) is 0 Å². The first-order valence-electron chi connectivity index (χ1n) is 9.06. The van der Waals surface area contributed by atoms with E-state index in [1.54, 1.807) is 0 Å². The first kappa shape index (κ1) is 16.3. The van der Waals surface area contributed by atoms with Crippen LogP contribution in [0.3, 0.4) is 0 Å². The normalized spacial score (nSPS) is 31.4. The highest BCUT2D eigenvalue weighted by Gasteiger charge is 2.43. The second-order valence-electron chi connectivity index (χ2n) is 7.42. The van der Waals surface area contributed by atoms with Gasteiger partial charge in [-0.2, -0.15) is 11.8 Å². The van der Waals surface area contributed by atoms with Crippen molar-refractivity contribution in [3.05, 3.63) is 35.9 Å². The molecule has 0 aromatic heterocycles. The molecule has 2 amide bonds. The van der Waals surface area contributed by atoms with E-state index in [9.17, 15) is 4.79 Å². The van der Waals surface area contributed by atoms with E-state index in [-0.39, 0.29) is 23.2 Å². The van der Waals surface area contributed by atoms with Crippen LogP contribution in [0.4, 0.5) is 4.79 Å². The highest BCUT2D eigenvalue weighted by Crippen LogP contribution is 2.41. The Morgan fingerprint density at radius 3 is 2.71 bits per heavy atom. The molecule has 130 valence electrons. The van der Waals surface area contributed by atoms with Crippen LogP contribution in [0.25, 0.3) is 0 Å². The number of carbonyl (C=O) groups is 1. The molecule has 2 N–H and O–H groups in total. The Morgan fingerprint density at radius 1 is 1.21 bits per heavy atom. The van der Waals surface area contributed by atoms with Gasteiger partial charge < -0.3 is 15.4 Å². The van der Waals surface area contributed by atoms with Crippen molar-refractivity contribution in [2.24, 2.45) is 0 Å². The maximum Gasteiger partial charge on any atom is 0.315 e. The molecule has 3 fully saturated rings. The summed E-state index contributed by atoms with van der Waals surface area (Å²) in [5, 5.41) is 6.50. The molecular weight excluding hydrogens is 320 g/mol. The Bertz CT molecular complexity index is 582. The van der Waals surface area contributed by atoms with E-state index in [1.165, 1.54) is 17.7 Å². The Labute approximate surface area is 148 Å². The molecule has 2 saturated heterocycles. The number of ether oxygens (including phenoxy) is 1. The minimum Gasteiger partial charge on any atom is -0.374 e. The second kappa shape index (κ2) is 6.60. The largest absolute Gasteiger partial charge is 0.374 e. The fraction of sp³-hybridized carbons (Fsp3) is 0.632. The predicted octanol–water partition coefficient (Wildman–Crippen LogP) is 3.42. The summed E-state index contributed by atoms with van der Waals surface area (Å²) in [5.41, 5.74) is 1.06. The van der Waals surface area contributed by atoms with Crippen LogP contribution in [0.2, 0.25) is 0 Å². The van der Waals surface area contributed by atoms with Gasteiger partial charge in [0.25, 0.3) is 0 Å². The molecule has 0 radical (unpaired) electrons. The lowest BCUT2D eigenvalue weighted by molar-refractivity contribution is -0.0685. The molecule has 4 nitrogen and oxygen atoms in total. The van der Waals surface area contributed by atoms with Gasteiger partial charge in [-0.25, -0.2) is 4.79 Å². The average molecular weight is 346 g/mol. The van der Waals surface area contributed by atoms with Crippen LogP contribution in [0.5, 0.6) is 0 Å². The number of benzene rings is 1. The van der Waals surface area contributed by atoms with Crippen molar-refractivity contribution in [3.8, 4) is 0 Å². The van der Waals surface area contributed by atoms with Crippen molar-refractivity contribution in [2.75, 3.05) is 18.1 Å². The fourth-order valence-electron chi connectivity index (χ4n) is 4.23. The van der Waals surface area contributed by atoms with Gasteiger partial charge >= 0.3 is 6.03 Å². The summed E-state index contributed by atoms with van der Waals surface area (Å²) in [4.78, 5) is 12.6. The van der Waals surface area contributed by atoms with E-state index in [1.807, 2.05) is 17.8 Å². The second-order valence-corrected chi connectivity index (χ2v) is 8.53. The van der Waals surface area contributed by atoms with Crippen molar-refractivity contribution < 1.29 is 9.53 Å². The zero-order valence-corrected chi connectivity index (χ0v) is 14.9. The number of nitrogens with one attached hydrogen (secondary N) is 2. The van der Waals surface area contributed by atoms with Gasteiger partial charge in [0, 0.05) is 18.4 Å². The van der Waals surface area contributed by atoms with Crippen molar-refractivity contribution in [2.45, 2.75) is 55.7 Å². The molecule has 1 saturated carbocycles. The van der Waals surface area contributed by atoms with Crippen LogP contribution in [0, 0.1) is 0 Å². The molecule has 1 aliphatic carbocycles. The van der Waals surface area contributed by atoms with E-state index in [2.05, 4.69) is 34.9 Å². The maximum absolute atomic E-state index is 12.6. The van der Waals surface area contributed by atoms with Crippen molar-refractivity contribution in [1.29, 1.82) is 0 Å². The summed E-state index contributed by atoms with van der Waals surface area (Å²) in [6, 6.07) is 10.6. The summed E-state index contributed by atoms with van der Waals surface area (Å²) < 4.78 is 6.05. The topological polar surface area (TPSA) is 50.4 Å². The van der Waals surface area contributed by atoms with E-state index in [0.29, 0.717) is 0 Å². The minimum atomic E-state index is -0.169. The molecular formula is C19H26N2O2S. The fourth-order valence-corrected chi connectivity index (χ4v) is 5.60. The monoisotopic (exact) mass is 346 g/mol. The SMILES string of the molecule is O=C(N[C@@H]1CCO[C@]2(CCSC2)C1)NC1(c2ccccc2)CCC1. The van der Waals surface area contributed by atoms with Crippen molar-refractivity contribution >= 4 is 17.8 Å². The van der Waals surface area contributed by atoms with Crippen LogP contribution < -0.4 is 10.6 Å². The molecule has 24 heavy (non-hydrogen) atoms. The number of carbonyl (C=O) groups excluding carboxylic acids is 1. The Kier molecular flexibility index (Phi) is 4.48. The standard InChI is InChI=1S/C19H26N2O2S/c22-17(20-16-7-11-23-18(13-16)10-12-24-14-18)21-19(8-4-9-19)15-5-2-1-3-6-15/h1-3,5-6,16H,4,7-14H2,(H2,20,21,22)/t16-,18-/m1/s1. The Balaban J connectivity index is 1.38. The molecule has 1 aromatic carbocycles. The number of amides is 2. The van der Waals surface area contributed by atoms with E-state index >= 15 is 0 Å². The summed E-state index contributed by atoms with van der Waals surface area (Å²) in [5.74, 6) is 2.25.